The van der Waals surface area contributed by atoms with Crippen LogP contribution in [-0.4, -0.2) is 35.0 Å². The van der Waals surface area contributed by atoms with E-state index in [1.165, 1.54) is 0 Å². The molecule has 1 aliphatic rings. The minimum Gasteiger partial charge on any atom is -0.481 e. The van der Waals surface area contributed by atoms with Crippen molar-refractivity contribution in [3.8, 4) is 0 Å². The molecule has 0 radical (unpaired) electrons. The van der Waals surface area contributed by atoms with Crippen LogP contribution in [0.4, 0.5) is 0 Å². The number of benzene rings is 1. The van der Waals surface area contributed by atoms with Crippen LogP contribution >= 0.6 is 11.6 Å². The molecule has 1 N–H and O–H groups in total. The number of rotatable bonds is 3. The van der Waals surface area contributed by atoms with Gasteiger partial charge in [0.05, 0.1) is 5.41 Å². The summed E-state index contributed by atoms with van der Waals surface area (Å²) in [5.74, 6) is -0.936. The number of carboxylic acid groups (broad SMARTS) is 1. The molecule has 5 heteroatoms. The van der Waals surface area contributed by atoms with Crippen molar-refractivity contribution in [2.75, 3.05) is 13.1 Å². The highest BCUT2D eigenvalue weighted by molar-refractivity contribution is 6.30. The number of hydrogen-bond acceptors (Lipinski definition) is 2. The maximum atomic E-state index is 12.4. The molecule has 4 nitrogen and oxygen atoms in total. The molecular weight excluding hydrogens is 278 g/mol. The predicted molar refractivity (Wildman–Crippen MR) is 76.9 cm³/mol. The van der Waals surface area contributed by atoms with E-state index >= 15 is 0 Å². The van der Waals surface area contributed by atoms with Crippen LogP contribution in [0.5, 0.6) is 0 Å². The third-order valence-electron chi connectivity index (χ3n) is 4.09. The minimum absolute atomic E-state index is 0.125. The molecule has 1 aromatic carbocycles. The molecule has 0 aromatic heterocycles. The van der Waals surface area contributed by atoms with Gasteiger partial charge in [-0.15, -0.1) is 0 Å². The van der Waals surface area contributed by atoms with E-state index in [-0.39, 0.29) is 12.5 Å². The third kappa shape index (κ3) is 2.80. The predicted octanol–water partition coefficient (Wildman–Crippen LogP) is 3.06. The average Bonchev–Trinajstić information content (AvgIpc) is 2.47. The molecule has 1 aliphatic heterocycles. The monoisotopic (exact) mass is 295 g/mol. The first-order valence-electron chi connectivity index (χ1n) is 6.77. The van der Waals surface area contributed by atoms with Crippen molar-refractivity contribution < 1.29 is 14.7 Å². The first-order valence-corrected chi connectivity index (χ1v) is 7.14. The smallest absolute Gasteiger partial charge is 0.311 e. The summed E-state index contributed by atoms with van der Waals surface area (Å²) in [5.41, 5.74) is -0.257. The normalized spacial score (nSPS) is 22.6. The SMILES string of the molecule is CCC1(C(=O)O)CCCN(C(=O)c2ccc(Cl)cc2)C1. The summed E-state index contributed by atoms with van der Waals surface area (Å²) in [4.78, 5) is 25.6. The fourth-order valence-corrected chi connectivity index (χ4v) is 2.82. The lowest BCUT2D eigenvalue weighted by atomic mass is 9.77. The number of carbonyl (C=O) groups is 2. The van der Waals surface area contributed by atoms with Gasteiger partial charge in [0.1, 0.15) is 0 Å². The van der Waals surface area contributed by atoms with E-state index in [2.05, 4.69) is 0 Å². The second-order valence-electron chi connectivity index (χ2n) is 5.28. The Kier molecular flexibility index (Phi) is 4.33. The van der Waals surface area contributed by atoms with E-state index in [4.69, 9.17) is 11.6 Å². The number of piperidine rings is 1. The van der Waals surface area contributed by atoms with Gasteiger partial charge in [-0.2, -0.15) is 0 Å². The average molecular weight is 296 g/mol. The maximum Gasteiger partial charge on any atom is 0.311 e. The van der Waals surface area contributed by atoms with E-state index in [1.807, 2.05) is 6.92 Å². The lowest BCUT2D eigenvalue weighted by Gasteiger charge is -2.39. The lowest BCUT2D eigenvalue weighted by Crippen LogP contribution is -2.49. The minimum atomic E-state index is -0.811. The zero-order valence-corrected chi connectivity index (χ0v) is 12.2. The highest BCUT2D eigenvalue weighted by atomic mass is 35.5. The van der Waals surface area contributed by atoms with Gasteiger partial charge in [0.25, 0.3) is 5.91 Å². The van der Waals surface area contributed by atoms with Gasteiger partial charge >= 0.3 is 5.97 Å². The molecular formula is C15H18ClNO3. The highest BCUT2D eigenvalue weighted by Gasteiger charge is 2.42. The summed E-state index contributed by atoms with van der Waals surface area (Å²) in [7, 11) is 0. The number of nitrogens with zero attached hydrogens (tertiary/aromatic N) is 1. The van der Waals surface area contributed by atoms with Crippen molar-refractivity contribution in [3.63, 3.8) is 0 Å². The number of halogens is 1. The van der Waals surface area contributed by atoms with Gasteiger partial charge < -0.3 is 10.0 Å². The fourth-order valence-electron chi connectivity index (χ4n) is 2.69. The van der Waals surface area contributed by atoms with Gasteiger partial charge in [0, 0.05) is 23.7 Å². The zero-order chi connectivity index (χ0) is 14.8. The van der Waals surface area contributed by atoms with Crippen LogP contribution in [0.3, 0.4) is 0 Å². The van der Waals surface area contributed by atoms with Crippen molar-refractivity contribution in [2.24, 2.45) is 5.41 Å². The van der Waals surface area contributed by atoms with Crippen LogP contribution in [0.15, 0.2) is 24.3 Å². The van der Waals surface area contributed by atoms with Gasteiger partial charge in [-0.1, -0.05) is 18.5 Å². The molecule has 1 saturated heterocycles. The van der Waals surface area contributed by atoms with Crippen molar-refractivity contribution in [3.05, 3.63) is 34.9 Å². The highest BCUT2D eigenvalue weighted by Crippen LogP contribution is 2.34. The van der Waals surface area contributed by atoms with Gasteiger partial charge in [-0.25, -0.2) is 0 Å². The van der Waals surface area contributed by atoms with Crippen LogP contribution in [0.2, 0.25) is 5.02 Å². The van der Waals surface area contributed by atoms with Crippen LogP contribution in [0.25, 0.3) is 0 Å². The van der Waals surface area contributed by atoms with E-state index in [0.717, 1.165) is 6.42 Å². The van der Waals surface area contributed by atoms with Crippen molar-refractivity contribution >= 4 is 23.5 Å². The first-order chi connectivity index (χ1) is 9.48. The Hall–Kier alpha value is -1.55. The van der Waals surface area contributed by atoms with E-state index < -0.39 is 11.4 Å². The number of amides is 1. The van der Waals surface area contributed by atoms with Crippen molar-refractivity contribution in [2.45, 2.75) is 26.2 Å². The molecule has 0 spiro atoms. The maximum absolute atomic E-state index is 12.4. The summed E-state index contributed by atoms with van der Waals surface area (Å²) in [6.45, 7) is 2.75. The molecule has 20 heavy (non-hydrogen) atoms. The molecule has 0 saturated carbocycles. The Morgan fingerprint density at radius 2 is 2.00 bits per heavy atom. The standard InChI is InChI=1S/C15H18ClNO3/c1-2-15(14(19)20)8-3-9-17(10-15)13(18)11-4-6-12(16)7-5-11/h4-7H,2-3,8-10H2,1H3,(H,19,20). The largest absolute Gasteiger partial charge is 0.481 e. The molecule has 1 aromatic rings. The Morgan fingerprint density at radius 3 is 2.55 bits per heavy atom. The van der Waals surface area contributed by atoms with Crippen molar-refractivity contribution in [1.82, 2.24) is 4.90 Å². The van der Waals surface area contributed by atoms with E-state index in [9.17, 15) is 14.7 Å². The molecule has 1 atom stereocenters. The van der Waals surface area contributed by atoms with E-state index in [0.29, 0.717) is 30.0 Å². The number of carboxylic acids is 1. The second-order valence-corrected chi connectivity index (χ2v) is 5.71. The molecule has 0 bridgehead atoms. The van der Waals surface area contributed by atoms with Gasteiger partial charge in [0.15, 0.2) is 0 Å². The molecule has 2 rings (SSSR count). The number of aliphatic carboxylic acids is 1. The van der Waals surface area contributed by atoms with Crippen LogP contribution < -0.4 is 0 Å². The van der Waals surface area contributed by atoms with Crippen LogP contribution in [0, 0.1) is 5.41 Å². The number of likely N-dealkylation sites (tertiary alicyclic amines) is 1. The summed E-state index contributed by atoms with van der Waals surface area (Å²) in [5, 5.41) is 10.0. The second kappa shape index (κ2) is 5.83. The topological polar surface area (TPSA) is 57.6 Å². The molecule has 1 unspecified atom stereocenters. The third-order valence-corrected chi connectivity index (χ3v) is 4.34. The summed E-state index contributed by atoms with van der Waals surface area (Å²) in [6.07, 6.45) is 1.88. The zero-order valence-electron chi connectivity index (χ0n) is 11.4. The Balaban J connectivity index is 2.18. The van der Waals surface area contributed by atoms with Crippen molar-refractivity contribution in [1.29, 1.82) is 0 Å². The summed E-state index contributed by atoms with van der Waals surface area (Å²) >= 11 is 5.81. The Labute approximate surface area is 123 Å². The molecule has 1 fully saturated rings. The van der Waals surface area contributed by atoms with Crippen LogP contribution in [0.1, 0.15) is 36.5 Å². The molecule has 1 heterocycles. The molecule has 0 aliphatic carbocycles. The molecule has 1 amide bonds. The Morgan fingerprint density at radius 1 is 1.35 bits per heavy atom. The number of carbonyl (C=O) groups excluding carboxylic acids is 1. The Bertz CT molecular complexity index is 514. The summed E-state index contributed by atoms with van der Waals surface area (Å²) < 4.78 is 0. The quantitative estimate of drug-likeness (QED) is 0.932. The molecule has 108 valence electrons. The lowest BCUT2D eigenvalue weighted by molar-refractivity contribution is -0.152. The van der Waals surface area contributed by atoms with E-state index in [1.54, 1.807) is 29.2 Å². The van der Waals surface area contributed by atoms with Gasteiger partial charge in [-0.3, -0.25) is 9.59 Å². The summed E-state index contributed by atoms with van der Waals surface area (Å²) in [6, 6.07) is 6.69. The van der Waals surface area contributed by atoms with Gasteiger partial charge in [-0.05, 0) is 43.5 Å². The van der Waals surface area contributed by atoms with Crippen LogP contribution in [-0.2, 0) is 4.79 Å². The fraction of sp³-hybridized carbons (Fsp3) is 0.467. The first kappa shape index (κ1) is 14.9. The van der Waals surface area contributed by atoms with Gasteiger partial charge in [0.2, 0.25) is 0 Å². The number of hydrogen-bond donors (Lipinski definition) is 1.